The predicted octanol–water partition coefficient (Wildman–Crippen LogP) is 4.35. The van der Waals surface area contributed by atoms with E-state index in [9.17, 15) is 4.79 Å². The van der Waals surface area contributed by atoms with Crippen LogP contribution in [0.3, 0.4) is 0 Å². The second-order valence-electron chi connectivity index (χ2n) is 7.32. The van der Waals surface area contributed by atoms with Gasteiger partial charge in [-0.25, -0.2) is 0 Å². The van der Waals surface area contributed by atoms with Gasteiger partial charge in [-0.2, -0.15) is 0 Å². The number of rotatable bonds is 3. The molecule has 19 heavy (non-hydrogen) atoms. The minimum Gasteiger partial charge on any atom is -0.458 e. The quantitative estimate of drug-likeness (QED) is 0.416. The summed E-state index contributed by atoms with van der Waals surface area (Å²) in [4.78, 5) is 12.4. The Morgan fingerprint density at radius 1 is 1.42 bits per heavy atom. The van der Waals surface area contributed by atoms with E-state index in [1.165, 1.54) is 25.7 Å². The van der Waals surface area contributed by atoms with Crippen LogP contribution in [0.5, 0.6) is 0 Å². The first-order chi connectivity index (χ1) is 8.87. The summed E-state index contributed by atoms with van der Waals surface area (Å²) in [5, 5.41) is 0. The molecule has 3 heteroatoms. The van der Waals surface area contributed by atoms with Gasteiger partial charge in [0.15, 0.2) is 0 Å². The van der Waals surface area contributed by atoms with Gasteiger partial charge in [-0.15, -0.1) is 0 Å². The molecule has 0 aromatic rings. The molecule has 0 aromatic heterocycles. The molecule has 0 heterocycles. The lowest BCUT2D eigenvalue weighted by Gasteiger charge is -2.41. The highest BCUT2D eigenvalue weighted by molar-refractivity contribution is 14.1. The molecule has 3 fully saturated rings. The van der Waals surface area contributed by atoms with Crippen molar-refractivity contribution in [3.8, 4) is 0 Å². The van der Waals surface area contributed by atoms with Gasteiger partial charge < -0.3 is 4.74 Å². The standard InChI is InChI=1S/C16H25IO2/c1-4-15(2,17)14(18)19-16(3)9-10-8-13(16)12-7-5-6-11(10)12/h10-13H,4-9H2,1-3H3. The molecule has 0 spiro atoms. The molecule has 0 aromatic carbocycles. The maximum atomic E-state index is 12.4. The number of carbonyl (C=O) groups is 1. The van der Waals surface area contributed by atoms with Crippen LogP contribution in [0.15, 0.2) is 0 Å². The molecular formula is C16H25IO2. The molecule has 108 valence electrons. The molecule has 3 aliphatic rings. The van der Waals surface area contributed by atoms with Gasteiger partial charge in [0.25, 0.3) is 0 Å². The van der Waals surface area contributed by atoms with Crippen LogP contribution < -0.4 is 0 Å². The second kappa shape index (κ2) is 4.60. The molecule has 3 saturated carbocycles. The van der Waals surface area contributed by atoms with Gasteiger partial charge in [-0.05, 0) is 63.7 Å². The molecule has 3 aliphatic carbocycles. The molecule has 2 nitrogen and oxygen atoms in total. The van der Waals surface area contributed by atoms with Gasteiger partial charge in [-0.3, -0.25) is 4.79 Å². The Morgan fingerprint density at radius 3 is 2.79 bits per heavy atom. The lowest BCUT2D eigenvalue weighted by molar-refractivity contribution is -0.168. The first-order valence-electron chi connectivity index (χ1n) is 7.80. The Balaban J connectivity index is 1.74. The van der Waals surface area contributed by atoms with E-state index in [0.29, 0.717) is 5.92 Å². The first-order valence-corrected chi connectivity index (χ1v) is 8.87. The third kappa shape index (κ3) is 2.14. The molecule has 6 atom stereocenters. The minimum absolute atomic E-state index is 0.000182. The SMILES string of the molecule is CCC(C)(I)C(=O)OC1(C)CC2CC1C1CCCC21. The van der Waals surface area contributed by atoms with Crippen LogP contribution >= 0.6 is 22.6 Å². The summed E-state index contributed by atoms with van der Waals surface area (Å²) in [7, 11) is 0. The number of ether oxygens (including phenoxy) is 1. The molecule has 0 N–H and O–H groups in total. The number of hydrogen-bond acceptors (Lipinski definition) is 2. The fourth-order valence-electron chi connectivity index (χ4n) is 4.97. The fraction of sp³-hybridized carbons (Fsp3) is 0.938. The van der Waals surface area contributed by atoms with Crippen molar-refractivity contribution in [2.75, 3.05) is 0 Å². The fourth-order valence-corrected chi connectivity index (χ4v) is 5.08. The van der Waals surface area contributed by atoms with Gasteiger partial charge in [0, 0.05) is 5.92 Å². The topological polar surface area (TPSA) is 26.3 Å². The number of alkyl halides is 1. The van der Waals surface area contributed by atoms with Crippen molar-refractivity contribution >= 4 is 28.6 Å². The first kappa shape index (κ1) is 14.2. The van der Waals surface area contributed by atoms with Crippen molar-refractivity contribution < 1.29 is 9.53 Å². The van der Waals surface area contributed by atoms with Crippen molar-refractivity contribution in [1.82, 2.24) is 0 Å². The Bertz CT molecular complexity index is 392. The number of hydrogen-bond donors (Lipinski definition) is 0. The van der Waals surface area contributed by atoms with Crippen LogP contribution in [0.2, 0.25) is 0 Å². The van der Waals surface area contributed by atoms with Crippen molar-refractivity contribution in [2.45, 2.75) is 68.3 Å². The lowest BCUT2D eigenvalue weighted by atomic mass is 9.73. The van der Waals surface area contributed by atoms with E-state index in [1.807, 2.05) is 6.92 Å². The zero-order valence-electron chi connectivity index (χ0n) is 12.2. The van der Waals surface area contributed by atoms with Crippen LogP contribution in [0, 0.1) is 23.7 Å². The van der Waals surface area contributed by atoms with Crippen LogP contribution in [0.1, 0.15) is 59.3 Å². The van der Waals surface area contributed by atoms with Crippen LogP contribution in [-0.2, 0) is 9.53 Å². The Morgan fingerprint density at radius 2 is 2.11 bits per heavy atom. The average Bonchev–Trinajstić information content (AvgIpc) is 2.98. The number of fused-ring (bicyclic) bond motifs is 5. The van der Waals surface area contributed by atoms with E-state index >= 15 is 0 Å². The molecule has 0 aliphatic heterocycles. The second-order valence-corrected chi connectivity index (χ2v) is 9.70. The van der Waals surface area contributed by atoms with E-state index < -0.39 is 0 Å². The Kier molecular flexibility index (Phi) is 3.43. The summed E-state index contributed by atoms with van der Waals surface area (Å²) in [5.41, 5.74) is -0.172. The third-order valence-electron chi connectivity index (χ3n) is 6.17. The maximum absolute atomic E-state index is 12.4. The summed E-state index contributed by atoms with van der Waals surface area (Å²) < 4.78 is 5.69. The highest BCUT2D eigenvalue weighted by atomic mass is 127. The van der Waals surface area contributed by atoms with Gasteiger partial charge in [0.2, 0.25) is 0 Å². The smallest absolute Gasteiger partial charge is 0.322 e. The van der Waals surface area contributed by atoms with Crippen molar-refractivity contribution in [3.05, 3.63) is 0 Å². The maximum Gasteiger partial charge on any atom is 0.322 e. The highest BCUT2D eigenvalue weighted by Gasteiger charge is 2.61. The van der Waals surface area contributed by atoms with Crippen molar-refractivity contribution in [1.29, 1.82) is 0 Å². The number of halogens is 1. The number of esters is 1. The van der Waals surface area contributed by atoms with Gasteiger partial charge >= 0.3 is 5.97 Å². The highest BCUT2D eigenvalue weighted by Crippen LogP contribution is 2.63. The summed E-state index contributed by atoms with van der Waals surface area (Å²) >= 11 is 2.25. The van der Waals surface area contributed by atoms with Crippen LogP contribution in [-0.4, -0.2) is 15.0 Å². The van der Waals surface area contributed by atoms with E-state index in [2.05, 4.69) is 36.4 Å². The molecule has 0 saturated heterocycles. The van der Waals surface area contributed by atoms with Gasteiger partial charge in [0.1, 0.15) is 9.02 Å². The zero-order chi connectivity index (χ0) is 13.8. The molecule has 0 radical (unpaired) electrons. The summed E-state index contributed by atoms with van der Waals surface area (Å²) in [6.07, 6.45) is 7.45. The molecule has 3 rings (SSSR count). The van der Waals surface area contributed by atoms with Crippen molar-refractivity contribution in [3.63, 3.8) is 0 Å². The molecular weight excluding hydrogens is 351 g/mol. The monoisotopic (exact) mass is 376 g/mol. The third-order valence-corrected chi connectivity index (χ3v) is 7.37. The van der Waals surface area contributed by atoms with E-state index in [-0.39, 0.29) is 15.0 Å². The van der Waals surface area contributed by atoms with Gasteiger partial charge in [0.05, 0.1) is 0 Å². The lowest BCUT2D eigenvalue weighted by Crippen LogP contribution is -2.46. The molecule has 0 amide bonds. The Hall–Kier alpha value is 0.200. The Labute approximate surface area is 130 Å². The summed E-state index contributed by atoms with van der Waals surface area (Å²) in [6, 6.07) is 0. The summed E-state index contributed by atoms with van der Waals surface area (Å²) in [5.74, 6) is 3.27. The number of carbonyl (C=O) groups excluding carboxylic acids is 1. The molecule has 2 bridgehead atoms. The summed E-state index contributed by atoms with van der Waals surface area (Å²) in [6.45, 7) is 6.25. The van der Waals surface area contributed by atoms with E-state index in [1.54, 1.807) is 0 Å². The largest absolute Gasteiger partial charge is 0.458 e. The minimum atomic E-state index is -0.363. The zero-order valence-corrected chi connectivity index (χ0v) is 14.4. The molecule has 6 unspecified atom stereocenters. The average molecular weight is 376 g/mol. The predicted molar refractivity (Wildman–Crippen MR) is 84.3 cm³/mol. The van der Waals surface area contributed by atoms with Crippen molar-refractivity contribution in [2.24, 2.45) is 23.7 Å². The van der Waals surface area contributed by atoms with E-state index in [4.69, 9.17) is 4.74 Å². The van der Waals surface area contributed by atoms with Crippen LogP contribution in [0.4, 0.5) is 0 Å². The van der Waals surface area contributed by atoms with Crippen LogP contribution in [0.25, 0.3) is 0 Å². The normalized spacial score (nSPS) is 46.9. The van der Waals surface area contributed by atoms with E-state index in [0.717, 1.165) is 30.6 Å². The van der Waals surface area contributed by atoms with Gasteiger partial charge in [-0.1, -0.05) is 35.9 Å².